The van der Waals surface area contributed by atoms with Crippen molar-refractivity contribution in [1.29, 1.82) is 0 Å². The molecule has 2 heterocycles. The number of hydrogen-bond acceptors (Lipinski definition) is 3. The lowest BCUT2D eigenvalue weighted by Crippen LogP contribution is -2.40. The highest BCUT2D eigenvalue weighted by Gasteiger charge is 2.23. The topological polar surface area (TPSA) is 55.2 Å². The molecule has 0 saturated carbocycles. The number of benzene rings is 1. The molecular formula is C19H23N3O2. The molecule has 3 rings (SSSR count). The van der Waals surface area contributed by atoms with Gasteiger partial charge in [-0.2, -0.15) is 0 Å². The number of aromatic nitrogens is 2. The minimum atomic E-state index is 0.0186. The number of rotatable bonds is 5. The molecule has 0 N–H and O–H groups in total. The monoisotopic (exact) mass is 325 g/mol. The van der Waals surface area contributed by atoms with Crippen molar-refractivity contribution in [2.24, 2.45) is 5.92 Å². The van der Waals surface area contributed by atoms with Crippen molar-refractivity contribution < 1.29 is 4.79 Å². The summed E-state index contributed by atoms with van der Waals surface area (Å²) in [6.07, 6.45) is 6.56. The summed E-state index contributed by atoms with van der Waals surface area (Å²) in [6, 6.07) is 7.43. The van der Waals surface area contributed by atoms with E-state index in [1.165, 1.54) is 0 Å². The number of likely N-dealkylation sites (tertiary alicyclic amines) is 1. The zero-order valence-electron chi connectivity index (χ0n) is 13.9. The number of carbonyl (C=O) groups is 1. The van der Waals surface area contributed by atoms with Gasteiger partial charge in [0.05, 0.1) is 17.2 Å². The average molecular weight is 325 g/mol. The lowest BCUT2D eigenvalue weighted by Gasteiger charge is -2.32. The summed E-state index contributed by atoms with van der Waals surface area (Å²) in [7, 11) is 0. The maximum atomic E-state index is 12.5. The highest BCUT2D eigenvalue weighted by molar-refractivity contribution is 5.77. The summed E-state index contributed by atoms with van der Waals surface area (Å²) >= 11 is 0. The third-order valence-electron chi connectivity index (χ3n) is 4.72. The van der Waals surface area contributed by atoms with Crippen molar-refractivity contribution in [2.75, 3.05) is 13.1 Å². The van der Waals surface area contributed by atoms with Crippen LogP contribution in [0.2, 0.25) is 0 Å². The summed E-state index contributed by atoms with van der Waals surface area (Å²) in [4.78, 5) is 30.9. The average Bonchev–Trinajstić information content (AvgIpc) is 2.63. The quantitative estimate of drug-likeness (QED) is 0.794. The van der Waals surface area contributed by atoms with Gasteiger partial charge in [-0.15, -0.1) is 6.58 Å². The SMILES string of the molecule is C=CCCC(=O)N1CCC(Cn2cnc3ccccc3c2=O)CC1. The molecule has 1 saturated heterocycles. The first-order valence-corrected chi connectivity index (χ1v) is 8.52. The van der Waals surface area contributed by atoms with Crippen LogP contribution in [-0.4, -0.2) is 33.4 Å². The van der Waals surface area contributed by atoms with Gasteiger partial charge >= 0.3 is 0 Å². The van der Waals surface area contributed by atoms with Gasteiger partial charge in [-0.3, -0.25) is 14.2 Å². The van der Waals surface area contributed by atoms with Crippen molar-refractivity contribution in [3.63, 3.8) is 0 Å². The number of amides is 1. The maximum Gasteiger partial charge on any atom is 0.261 e. The summed E-state index contributed by atoms with van der Waals surface area (Å²) in [5.41, 5.74) is 0.756. The van der Waals surface area contributed by atoms with Gasteiger partial charge in [-0.05, 0) is 37.3 Å². The van der Waals surface area contributed by atoms with Crippen LogP contribution in [0.4, 0.5) is 0 Å². The van der Waals surface area contributed by atoms with Crippen molar-refractivity contribution in [3.05, 3.63) is 53.6 Å². The number of allylic oxidation sites excluding steroid dienone is 1. The molecule has 5 heteroatoms. The second-order valence-corrected chi connectivity index (χ2v) is 6.37. The number of hydrogen-bond donors (Lipinski definition) is 0. The van der Waals surface area contributed by atoms with Crippen LogP contribution in [0.15, 0.2) is 48.0 Å². The lowest BCUT2D eigenvalue weighted by atomic mass is 9.96. The van der Waals surface area contributed by atoms with Crippen LogP contribution in [0, 0.1) is 5.92 Å². The van der Waals surface area contributed by atoms with Gasteiger partial charge in [0, 0.05) is 26.1 Å². The zero-order chi connectivity index (χ0) is 16.9. The molecule has 0 radical (unpaired) electrons. The van der Waals surface area contributed by atoms with Crippen LogP contribution >= 0.6 is 0 Å². The van der Waals surface area contributed by atoms with Gasteiger partial charge < -0.3 is 4.90 Å². The van der Waals surface area contributed by atoms with Crippen LogP contribution < -0.4 is 5.56 Å². The van der Waals surface area contributed by atoms with Crippen LogP contribution in [0.25, 0.3) is 10.9 Å². The molecule has 0 spiro atoms. The number of nitrogens with zero attached hydrogens (tertiary/aromatic N) is 3. The second-order valence-electron chi connectivity index (χ2n) is 6.37. The standard InChI is InChI=1S/C19H23N3O2/c1-2-3-8-18(23)21-11-9-15(10-12-21)13-22-14-20-17-7-5-4-6-16(17)19(22)24/h2,4-7,14-15H,1,3,8-13H2. The molecule has 1 aromatic heterocycles. The van der Waals surface area contributed by atoms with Crippen molar-refractivity contribution >= 4 is 16.8 Å². The second kappa shape index (κ2) is 7.43. The molecule has 0 bridgehead atoms. The Morgan fingerprint density at radius 3 is 2.79 bits per heavy atom. The fourth-order valence-corrected chi connectivity index (χ4v) is 3.26. The fourth-order valence-electron chi connectivity index (χ4n) is 3.26. The molecule has 1 amide bonds. The summed E-state index contributed by atoms with van der Waals surface area (Å²) in [5.74, 6) is 0.618. The van der Waals surface area contributed by atoms with Gasteiger partial charge in [0.15, 0.2) is 0 Å². The molecule has 1 fully saturated rings. The minimum Gasteiger partial charge on any atom is -0.343 e. The first-order valence-electron chi connectivity index (χ1n) is 8.52. The molecule has 2 aromatic rings. The molecular weight excluding hydrogens is 302 g/mol. The third-order valence-corrected chi connectivity index (χ3v) is 4.72. The molecule has 1 aromatic carbocycles. The van der Waals surface area contributed by atoms with E-state index in [2.05, 4.69) is 11.6 Å². The third kappa shape index (κ3) is 3.55. The number of carbonyl (C=O) groups excluding carboxylic acids is 1. The normalized spacial score (nSPS) is 15.6. The summed E-state index contributed by atoms with van der Waals surface area (Å²) < 4.78 is 1.71. The van der Waals surface area contributed by atoms with Crippen LogP contribution in [-0.2, 0) is 11.3 Å². The number of fused-ring (bicyclic) bond motifs is 1. The predicted molar refractivity (Wildman–Crippen MR) is 94.7 cm³/mol. The first kappa shape index (κ1) is 16.4. The van der Waals surface area contributed by atoms with Crippen molar-refractivity contribution in [2.45, 2.75) is 32.2 Å². The Labute approximate surface area is 141 Å². The zero-order valence-corrected chi connectivity index (χ0v) is 13.9. The lowest BCUT2D eigenvalue weighted by molar-refractivity contribution is -0.132. The van der Waals surface area contributed by atoms with E-state index >= 15 is 0 Å². The van der Waals surface area contributed by atoms with E-state index in [0.717, 1.165) is 37.9 Å². The van der Waals surface area contributed by atoms with E-state index in [1.54, 1.807) is 17.0 Å². The van der Waals surface area contributed by atoms with Crippen molar-refractivity contribution in [1.82, 2.24) is 14.5 Å². The van der Waals surface area contributed by atoms with Crippen LogP contribution in [0.3, 0.4) is 0 Å². The molecule has 126 valence electrons. The Morgan fingerprint density at radius 2 is 2.04 bits per heavy atom. The highest BCUT2D eigenvalue weighted by Crippen LogP contribution is 2.19. The predicted octanol–water partition coefficient (Wildman–Crippen LogP) is 2.60. The first-order chi connectivity index (χ1) is 11.7. The van der Waals surface area contributed by atoms with E-state index in [0.29, 0.717) is 24.3 Å². The Morgan fingerprint density at radius 1 is 1.29 bits per heavy atom. The molecule has 0 unspecified atom stereocenters. The van der Waals surface area contributed by atoms with Crippen LogP contribution in [0.5, 0.6) is 0 Å². The maximum absolute atomic E-state index is 12.5. The molecule has 5 nitrogen and oxygen atoms in total. The van der Waals surface area contributed by atoms with E-state index in [-0.39, 0.29) is 11.5 Å². The fraction of sp³-hybridized carbons (Fsp3) is 0.421. The van der Waals surface area contributed by atoms with Gasteiger partial charge in [0.1, 0.15) is 0 Å². The largest absolute Gasteiger partial charge is 0.343 e. The summed E-state index contributed by atoms with van der Waals surface area (Å²) in [5, 5.41) is 0.664. The molecule has 1 aliphatic heterocycles. The van der Waals surface area contributed by atoms with Gasteiger partial charge in [0.25, 0.3) is 5.56 Å². The Kier molecular flexibility index (Phi) is 5.08. The number of para-hydroxylation sites is 1. The minimum absolute atomic E-state index is 0.0186. The van der Waals surface area contributed by atoms with Gasteiger partial charge in [-0.25, -0.2) is 4.98 Å². The van der Waals surface area contributed by atoms with Gasteiger partial charge in [-0.1, -0.05) is 18.2 Å². The van der Waals surface area contributed by atoms with Gasteiger partial charge in [0.2, 0.25) is 5.91 Å². The van der Waals surface area contributed by atoms with E-state index < -0.39 is 0 Å². The number of piperidine rings is 1. The molecule has 0 atom stereocenters. The molecule has 0 aliphatic carbocycles. The Hall–Kier alpha value is -2.43. The summed E-state index contributed by atoms with van der Waals surface area (Å²) in [6.45, 7) is 5.88. The highest BCUT2D eigenvalue weighted by atomic mass is 16.2. The molecule has 1 aliphatic rings. The van der Waals surface area contributed by atoms with E-state index in [1.807, 2.05) is 29.2 Å². The molecule has 24 heavy (non-hydrogen) atoms. The van der Waals surface area contributed by atoms with E-state index in [9.17, 15) is 9.59 Å². The van der Waals surface area contributed by atoms with E-state index in [4.69, 9.17) is 0 Å². The smallest absolute Gasteiger partial charge is 0.261 e. The Bertz CT molecular complexity index is 789. The van der Waals surface area contributed by atoms with Crippen LogP contribution in [0.1, 0.15) is 25.7 Å². The Balaban J connectivity index is 1.62. The van der Waals surface area contributed by atoms with Crippen molar-refractivity contribution in [3.8, 4) is 0 Å².